The number of rotatable bonds is 9. The summed E-state index contributed by atoms with van der Waals surface area (Å²) in [6.45, 7) is 0.0959. The van der Waals surface area contributed by atoms with Gasteiger partial charge in [-0.1, -0.05) is 30.3 Å². The van der Waals surface area contributed by atoms with Crippen LogP contribution in [-0.4, -0.2) is 34.4 Å². The number of carbonyl (C=O) groups excluding carboxylic acids is 2. The maximum absolute atomic E-state index is 12.5. The molecule has 2 aromatic carbocycles. The Bertz CT molecular complexity index is 940. The lowest BCUT2D eigenvalue weighted by molar-refractivity contribution is -0.384. The number of carboxylic acids is 1. The number of aliphatic carboxylic acids is 1. The van der Waals surface area contributed by atoms with Gasteiger partial charge < -0.3 is 15.7 Å². The van der Waals surface area contributed by atoms with Gasteiger partial charge in [0.25, 0.3) is 17.5 Å². The van der Waals surface area contributed by atoms with Crippen LogP contribution in [0, 0.1) is 10.1 Å². The molecule has 2 aromatic rings. The van der Waals surface area contributed by atoms with Crippen molar-refractivity contribution in [2.75, 3.05) is 6.54 Å². The summed E-state index contributed by atoms with van der Waals surface area (Å²) in [6, 6.07) is 13.8. The van der Waals surface area contributed by atoms with Crippen LogP contribution < -0.4 is 10.6 Å². The highest BCUT2D eigenvalue weighted by molar-refractivity contribution is 6.05. The van der Waals surface area contributed by atoms with Crippen molar-refractivity contribution < 1.29 is 24.4 Å². The number of nitrogens with one attached hydrogen (secondary N) is 2. The zero-order chi connectivity index (χ0) is 21.2. The standard InChI is InChI=1S/C20H19N3O6/c24-18(25)10-5-11-21-20(27)17(22-19(26)15-7-2-1-3-8-15)13-14-6-4-9-16(12-14)23(28)29/h1-4,6-9,12-13H,5,10-11H2,(H,21,27)(H,22,26)(H,24,25). The van der Waals surface area contributed by atoms with Crippen LogP contribution in [0.5, 0.6) is 0 Å². The Morgan fingerprint density at radius 3 is 2.45 bits per heavy atom. The average Bonchev–Trinajstić information content (AvgIpc) is 2.71. The summed E-state index contributed by atoms with van der Waals surface area (Å²) in [4.78, 5) is 45.9. The number of hydrogen-bond acceptors (Lipinski definition) is 5. The zero-order valence-corrected chi connectivity index (χ0v) is 15.3. The van der Waals surface area contributed by atoms with Crippen LogP contribution >= 0.6 is 0 Å². The van der Waals surface area contributed by atoms with E-state index in [9.17, 15) is 24.5 Å². The van der Waals surface area contributed by atoms with Crippen molar-refractivity contribution in [3.63, 3.8) is 0 Å². The zero-order valence-electron chi connectivity index (χ0n) is 15.3. The predicted octanol–water partition coefficient (Wildman–Crippen LogP) is 2.35. The van der Waals surface area contributed by atoms with Gasteiger partial charge >= 0.3 is 5.97 Å². The number of non-ortho nitro benzene ring substituents is 1. The van der Waals surface area contributed by atoms with Gasteiger partial charge in [0.05, 0.1) is 4.92 Å². The summed E-state index contributed by atoms with van der Waals surface area (Å²) >= 11 is 0. The fourth-order valence-corrected chi connectivity index (χ4v) is 2.37. The van der Waals surface area contributed by atoms with E-state index in [1.807, 2.05) is 0 Å². The van der Waals surface area contributed by atoms with E-state index in [0.717, 1.165) is 0 Å². The highest BCUT2D eigenvalue weighted by Crippen LogP contribution is 2.15. The second-order valence-electron chi connectivity index (χ2n) is 5.98. The van der Waals surface area contributed by atoms with Crippen LogP contribution in [0.2, 0.25) is 0 Å². The quantitative estimate of drug-likeness (QED) is 0.257. The van der Waals surface area contributed by atoms with E-state index in [0.29, 0.717) is 11.1 Å². The van der Waals surface area contributed by atoms with Crippen molar-refractivity contribution in [1.82, 2.24) is 10.6 Å². The van der Waals surface area contributed by atoms with Crippen LogP contribution in [-0.2, 0) is 9.59 Å². The first-order chi connectivity index (χ1) is 13.9. The van der Waals surface area contributed by atoms with Gasteiger partial charge in [0.1, 0.15) is 5.70 Å². The number of carbonyl (C=O) groups is 3. The molecule has 0 bridgehead atoms. The molecule has 2 rings (SSSR count). The normalized spacial score (nSPS) is 10.8. The van der Waals surface area contributed by atoms with Crippen molar-refractivity contribution in [2.24, 2.45) is 0 Å². The minimum Gasteiger partial charge on any atom is -0.481 e. The molecule has 0 aromatic heterocycles. The summed E-state index contributed by atoms with van der Waals surface area (Å²) < 4.78 is 0. The topological polar surface area (TPSA) is 139 Å². The molecular formula is C20H19N3O6. The van der Waals surface area contributed by atoms with Crippen molar-refractivity contribution in [3.8, 4) is 0 Å². The second kappa shape index (κ2) is 10.4. The van der Waals surface area contributed by atoms with Crippen LogP contribution in [0.3, 0.4) is 0 Å². The third-order valence-corrected chi connectivity index (χ3v) is 3.77. The van der Waals surface area contributed by atoms with Gasteiger partial charge in [0, 0.05) is 30.7 Å². The molecule has 0 spiro atoms. The Morgan fingerprint density at radius 2 is 1.79 bits per heavy atom. The number of benzene rings is 2. The maximum atomic E-state index is 12.5. The first-order valence-electron chi connectivity index (χ1n) is 8.69. The van der Waals surface area contributed by atoms with Crippen molar-refractivity contribution in [1.29, 1.82) is 0 Å². The lowest BCUT2D eigenvalue weighted by Gasteiger charge is -2.11. The minimum atomic E-state index is -0.982. The molecule has 3 N–H and O–H groups in total. The number of nitro benzene ring substituents is 1. The third-order valence-electron chi connectivity index (χ3n) is 3.77. The predicted molar refractivity (Wildman–Crippen MR) is 105 cm³/mol. The molecule has 0 saturated carbocycles. The minimum absolute atomic E-state index is 0.0959. The van der Waals surface area contributed by atoms with Crippen LogP contribution in [0.1, 0.15) is 28.8 Å². The van der Waals surface area contributed by atoms with Crippen LogP contribution in [0.15, 0.2) is 60.3 Å². The average molecular weight is 397 g/mol. The molecule has 0 fully saturated rings. The van der Waals surface area contributed by atoms with Crippen LogP contribution in [0.4, 0.5) is 5.69 Å². The summed E-state index contributed by atoms with van der Waals surface area (Å²) in [5.74, 6) is -2.14. The fraction of sp³-hybridized carbons (Fsp3) is 0.150. The molecule has 0 heterocycles. The number of nitro groups is 1. The van der Waals surface area contributed by atoms with E-state index in [-0.39, 0.29) is 30.8 Å². The number of nitrogens with zero attached hydrogens (tertiary/aromatic N) is 1. The fourth-order valence-electron chi connectivity index (χ4n) is 2.37. The molecule has 9 nitrogen and oxygen atoms in total. The van der Waals surface area contributed by atoms with E-state index in [1.165, 1.54) is 24.3 Å². The van der Waals surface area contributed by atoms with Gasteiger partial charge in [-0.25, -0.2) is 0 Å². The Hall–Kier alpha value is -4.01. The Kier molecular flexibility index (Phi) is 7.60. The summed E-state index contributed by atoms with van der Waals surface area (Å²) in [6.07, 6.45) is 1.43. The van der Waals surface area contributed by atoms with E-state index in [4.69, 9.17) is 5.11 Å². The maximum Gasteiger partial charge on any atom is 0.303 e. The lowest BCUT2D eigenvalue weighted by Crippen LogP contribution is -2.35. The van der Waals surface area contributed by atoms with Gasteiger partial charge in [-0.15, -0.1) is 0 Å². The molecule has 0 aliphatic carbocycles. The van der Waals surface area contributed by atoms with Crippen LogP contribution in [0.25, 0.3) is 6.08 Å². The Balaban J connectivity index is 2.23. The molecule has 2 amide bonds. The Morgan fingerprint density at radius 1 is 1.07 bits per heavy atom. The smallest absolute Gasteiger partial charge is 0.303 e. The van der Waals surface area contributed by atoms with Crippen molar-refractivity contribution >= 4 is 29.5 Å². The first kappa shape index (κ1) is 21.3. The first-order valence-corrected chi connectivity index (χ1v) is 8.69. The molecular weight excluding hydrogens is 378 g/mol. The molecule has 0 radical (unpaired) electrons. The lowest BCUT2D eigenvalue weighted by atomic mass is 10.1. The van der Waals surface area contributed by atoms with Crippen molar-refractivity contribution in [2.45, 2.75) is 12.8 Å². The SMILES string of the molecule is O=C(O)CCCNC(=O)C(=Cc1cccc([N+](=O)[O-])c1)NC(=O)c1ccccc1. The molecule has 0 aliphatic heterocycles. The van der Waals surface area contributed by atoms with Gasteiger partial charge in [0.2, 0.25) is 0 Å². The molecule has 0 atom stereocenters. The van der Waals surface area contributed by atoms with E-state index >= 15 is 0 Å². The van der Waals surface area contributed by atoms with E-state index in [1.54, 1.807) is 36.4 Å². The summed E-state index contributed by atoms with van der Waals surface area (Å²) in [5, 5.41) is 24.7. The van der Waals surface area contributed by atoms with E-state index in [2.05, 4.69) is 10.6 Å². The monoisotopic (exact) mass is 397 g/mol. The molecule has 150 valence electrons. The molecule has 9 heteroatoms. The third kappa shape index (κ3) is 6.90. The Labute approximate surface area is 166 Å². The van der Waals surface area contributed by atoms with Gasteiger partial charge in [0.15, 0.2) is 0 Å². The number of carboxylic acid groups (broad SMARTS) is 1. The number of hydrogen-bond donors (Lipinski definition) is 3. The van der Waals surface area contributed by atoms with E-state index < -0.39 is 22.7 Å². The van der Waals surface area contributed by atoms with Gasteiger partial charge in [-0.05, 0) is 30.2 Å². The van der Waals surface area contributed by atoms with Gasteiger partial charge in [-0.2, -0.15) is 0 Å². The number of amides is 2. The molecule has 0 saturated heterocycles. The largest absolute Gasteiger partial charge is 0.481 e. The summed E-state index contributed by atoms with van der Waals surface area (Å²) in [5.41, 5.74) is 0.406. The molecule has 29 heavy (non-hydrogen) atoms. The van der Waals surface area contributed by atoms with Gasteiger partial charge in [-0.3, -0.25) is 24.5 Å². The molecule has 0 unspecified atom stereocenters. The summed E-state index contributed by atoms with van der Waals surface area (Å²) in [7, 11) is 0. The van der Waals surface area contributed by atoms with Crippen molar-refractivity contribution in [3.05, 3.63) is 81.5 Å². The highest BCUT2D eigenvalue weighted by Gasteiger charge is 2.15. The highest BCUT2D eigenvalue weighted by atomic mass is 16.6. The molecule has 0 aliphatic rings. The second-order valence-corrected chi connectivity index (χ2v) is 5.98.